The van der Waals surface area contributed by atoms with Gasteiger partial charge in [-0.15, -0.1) is 0 Å². The molecule has 0 aliphatic rings. The molecule has 2 heterocycles. The van der Waals surface area contributed by atoms with Gasteiger partial charge in [0.05, 0.1) is 11.0 Å². The number of hydrogen-bond donors (Lipinski definition) is 2. The molecule has 0 spiro atoms. The van der Waals surface area contributed by atoms with Crippen LogP contribution in [0.1, 0.15) is 28.8 Å². The van der Waals surface area contributed by atoms with Gasteiger partial charge in [-0.05, 0) is 43.7 Å². The van der Waals surface area contributed by atoms with Crippen LogP contribution in [0, 0.1) is 12.7 Å². The molecule has 3 aromatic rings. The Kier molecular flexibility index (Phi) is 9.27. The molecule has 0 radical (unpaired) electrons. The summed E-state index contributed by atoms with van der Waals surface area (Å²) in [6.45, 7) is 5.51. The highest BCUT2D eigenvalue weighted by molar-refractivity contribution is 5.99. The number of aliphatic hydroxyl groups excluding tert-OH is 1. The molecule has 0 bridgehead atoms. The van der Waals surface area contributed by atoms with E-state index in [0.717, 1.165) is 12.0 Å². The number of benzene rings is 1. The van der Waals surface area contributed by atoms with Crippen LogP contribution in [0.4, 0.5) is 4.39 Å². The quantitative estimate of drug-likeness (QED) is 0.631. The molecule has 9 heteroatoms. The number of aromatic nitrogens is 3. The standard InChI is InChI=1S/C18H17FN4O2.CH4O.CH2O/c1-11-4-3-7-20-17(11)18(25)23(10-24)12(2)8-16-21-14-6-5-13(19)9-15(14)22-16;2*1-2/h3-7,9-10,12H,8H2,1-2H3,(H,21,22);2H,1H3;1H2. The third-order valence-electron chi connectivity index (χ3n) is 4.02. The zero-order valence-corrected chi connectivity index (χ0v) is 16.4. The number of carbonyl (C=O) groups excluding carboxylic acids is 3. The number of nitrogens with zero attached hydrogens (tertiary/aromatic N) is 3. The fraction of sp³-hybridized carbons (Fsp3) is 0.250. The van der Waals surface area contributed by atoms with E-state index < -0.39 is 11.9 Å². The molecule has 0 aliphatic carbocycles. The minimum absolute atomic E-state index is 0.244. The molecule has 0 fully saturated rings. The molecule has 2 N–H and O–H groups in total. The molecule has 0 saturated heterocycles. The lowest BCUT2D eigenvalue weighted by atomic mass is 10.1. The van der Waals surface area contributed by atoms with E-state index >= 15 is 0 Å². The van der Waals surface area contributed by atoms with Crippen molar-refractivity contribution in [1.29, 1.82) is 0 Å². The molecule has 8 nitrogen and oxygen atoms in total. The number of fused-ring (bicyclic) bond motifs is 1. The van der Waals surface area contributed by atoms with Gasteiger partial charge in [0.25, 0.3) is 5.91 Å². The highest BCUT2D eigenvalue weighted by Gasteiger charge is 2.24. The first kappa shape index (κ1) is 23.6. The van der Waals surface area contributed by atoms with E-state index in [2.05, 4.69) is 15.0 Å². The number of pyridine rings is 1. The fourth-order valence-corrected chi connectivity index (χ4v) is 2.69. The Bertz CT molecular complexity index is 961. The van der Waals surface area contributed by atoms with E-state index in [1.54, 1.807) is 32.0 Å². The minimum Gasteiger partial charge on any atom is -0.400 e. The Labute approximate surface area is 167 Å². The second kappa shape index (κ2) is 11.4. The third-order valence-corrected chi connectivity index (χ3v) is 4.02. The molecule has 1 atom stereocenters. The van der Waals surface area contributed by atoms with Gasteiger partial charge in [0.1, 0.15) is 24.1 Å². The number of halogens is 1. The topological polar surface area (TPSA) is 116 Å². The van der Waals surface area contributed by atoms with Crippen molar-refractivity contribution < 1.29 is 23.9 Å². The van der Waals surface area contributed by atoms with Crippen LogP contribution in [0.25, 0.3) is 11.0 Å². The van der Waals surface area contributed by atoms with Crippen molar-refractivity contribution >= 4 is 30.1 Å². The minimum atomic E-state index is -0.456. The number of H-pyrrole nitrogens is 1. The highest BCUT2D eigenvalue weighted by atomic mass is 19.1. The SMILES string of the molecule is C=O.CO.Cc1cccnc1C(=O)N(C=O)C(C)Cc1nc2ccc(F)cc2[nH]1. The molecule has 1 aromatic carbocycles. The summed E-state index contributed by atoms with van der Waals surface area (Å²) < 4.78 is 13.3. The summed E-state index contributed by atoms with van der Waals surface area (Å²) in [5.41, 5.74) is 2.15. The van der Waals surface area contributed by atoms with E-state index in [1.807, 2.05) is 6.79 Å². The van der Waals surface area contributed by atoms with Crippen LogP contribution in [-0.4, -0.2) is 57.2 Å². The molecule has 2 aromatic heterocycles. The molecular formula is C20H23FN4O4. The lowest BCUT2D eigenvalue weighted by molar-refractivity contribution is -0.117. The Morgan fingerprint density at radius 3 is 2.66 bits per heavy atom. The number of imidazole rings is 1. The molecule has 29 heavy (non-hydrogen) atoms. The van der Waals surface area contributed by atoms with Gasteiger partial charge in [0.15, 0.2) is 0 Å². The van der Waals surface area contributed by atoms with Gasteiger partial charge in [-0.2, -0.15) is 0 Å². The molecule has 0 saturated carbocycles. The number of rotatable bonds is 5. The summed E-state index contributed by atoms with van der Waals surface area (Å²) in [5.74, 6) is -0.237. The van der Waals surface area contributed by atoms with Crippen molar-refractivity contribution in [1.82, 2.24) is 19.9 Å². The number of aliphatic hydroxyl groups is 1. The van der Waals surface area contributed by atoms with E-state index in [0.29, 0.717) is 35.3 Å². The Morgan fingerprint density at radius 1 is 1.34 bits per heavy atom. The van der Waals surface area contributed by atoms with Crippen LogP contribution in [0.15, 0.2) is 36.5 Å². The number of nitrogens with one attached hydrogen (secondary N) is 1. The van der Waals surface area contributed by atoms with Crippen molar-refractivity contribution in [2.45, 2.75) is 26.3 Å². The number of imide groups is 1. The Morgan fingerprint density at radius 2 is 2.03 bits per heavy atom. The van der Waals surface area contributed by atoms with Crippen LogP contribution in [-0.2, 0) is 16.0 Å². The van der Waals surface area contributed by atoms with Crippen LogP contribution in [0.5, 0.6) is 0 Å². The average Bonchev–Trinajstić information content (AvgIpc) is 3.13. The van der Waals surface area contributed by atoms with Gasteiger partial charge >= 0.3 is 0 Å². The number of amides is 2. The van der Waals surface area contributed by atoms with Gasteiger partial charge < -0.3 is 14.9 Å². The predicted octanol–water partition coefficient (Wildman–Crippen LogP) is 2.06. The van der Waals surface area contributed by atoms with Crippen LogP contribution in [0.3, 0.4) is 0 Å². The van der Waals surface area contributed by atoms with Crippen molar-refractivity contribution in [3.63, 3.8) is 0 Å². The second-order valence-electron chi connectivity index (χ2n) is 5.88. The van der Waals surface area contributed by atoms with Crippen molar-refractivity contribution in [3.8, 4) is 0 Å². The van der Waals surface area contributed by atoms with Gasteiger partial charge in [0, 0.05) is 25.8 Å². The van der Waals surface area contributed by atoms with Gasteiger partial charge in [-0.25, -0.2) is 9.37 Å². The van der Waals surface area contributed by atoms with Gasteiger partial charge in [-0.3, -0.25) is 19.5 Å². The summed E-state index contributed by atoms with van der Waals surface area (Å²) >= 11 is 0. The van der Waals surface area contributed by atoms with Crippen LogP contribution < -0.4 is 0 Å². The molecule has 154 valence electrons. The summed E-state index contributed by atoms with van der Waals surface area (Å²) in [7, 11) is 1.00. The Hall–Kier alpha value is -3.46. The maximum Gasteiger partial charge on any atom is 0.279 e. The summed E-state index contributed by atoms with van der Waals surface area (Å²) in [4.78, 5) is 44.6. The number of aryl methyl sites for hydroxylation is 1. The van der Waals surface area contributed by atoms with Crippen molar-refractivity contribution in [2.75, 3.05) is 7.11 Å². The number of hydrogen-bond acceptors (Lipinski definition) is 6. The predicted molar refractivity (Wildman–Crippen MR) is 106 cm³/mol. The summed E-state index contributed by atoms with van der Waals surface area (Å²) in [6, 6.07) is 7.33. The number of aromatic amines is 1. The van der Waals surface area contributed by atoms with Crippen LogP contribution >= 0.6 is 0 Å². The molecule has 0 aliphatic heterocycles. The first-order valence-corrected chi connectivity index (χ1v) is 8.57. The monoisotopic (exact) mass is 402 g/mol. The smallest absolute Gasteiger partial charge is 0.279 e. The zero-order valence-electron chi connectivity index (χ0n) is 16.4. The lowest BCUT2D eigenvalue weighted by Gasteiger charge is -2.22. The van der Waals surface area contributed by atoms with E-state index in [1.165, 1.54) is 18.3 Å². The lowest BCUT2D eigenvalue weighted by Crippen LogP contribution is -2.39. The van der Waals surface area contributed by atoms with Gasteiger partial charge in [0.2, 0.25) is 6.41 Å². The Balaban J connectivity index is 0.000000989. The molecular weight excluding hydrogens is 379 g/mol. The zero-order chi connectivity index (χ0) is 22.0. The summed E-state index contributed by atoms with van der Waals surface area (Å²) in [5, 5.41) is 7.00. The molecule has 2 amide bonds. The number of carbonyl (C=O) groups is 3. The average molecular weight is 402 g/mol. The van der Waals surface area contributed by atoms with E-state index in [-0.39, 0.29) is 11.5 Å². The van der Waals surface area contributed by atoms with Crippen molar-refractivity contribution in [3.05, 3.63) is 59.4 Å². The first-order valence-electron chi connectivity index (χ1n) is 8.57. The first-order chi connectivity index (χ1) is 14.0. The maximum absolute atomic E-state index is 13.3. The van der Waals surface area contributed by atoms with Gasteiger partial charge in [-0.1, -0.05) is 6.07 Å². The second-order valence-corrected chi connectivity index (χ2v) is 5.88. The molecule has 3 rings (SSSR count). The normalized spacial score (nSPS) is 10.8. The van der Waals surface area contributed by atoms with Crippen LogP contribution in [0.2, 0.25) is 0 Å². The van der Waals surface area contributed by atoms with E-state index in [9.17, 15) is 14.0 Å². The fourth-order valence-electron chi connectivity index (χ4n) is 2.69. The third kappa shape index (κ3) is 5.76. The van der Waals surface area contributed by atoms with E-state index in [4.69, 9.17) is 9.90 Å². The maximum atomic E-state index is 13.3. The molecule has 1 unspecified atom stereocenters. The highest BCUT2D eigenvalue weighted by Crippen LogP contribution is 2.16. The van der Waals surface area contributed by atoms with Crippen molar-refractivity contribution in [2.24, 2.45) is 0 Å². The largest absolute Gasteiger partial charge is 0.400 e. The summed E-state index contributed by atoms with van der Waals surface area (Å²) in [6.07, 6.45) is 2.35.